The topological polar surface area (TPSA) is 45.9 Å². The third-order valence-electron chi connectivity index (χ3n) is 5.87. The van der Waals surface area contributed by atoms with Gasteiger partial charge < -0.3 is 14.1 Å². The fourth-order valence-corrected chi connectivity index (χ4v) is 4.04. The van der Waals surface area contributed by atoms with E-state index in [1.54, 1.807) is 6.26 Å². The lowest BCUT2D eigenvalue weighted by atomic mass is 9.82. The van der Waals surface area contributed by atoms with Gasteiger partial charge in [-0.2, -0.15) is 0 Å². The summed E-state index contributed by atoms with van der Waals surface area (Å²) >= 11 is 0. The molecular weight excluding hydrogens is 292 g/mol. The summed E-state index contributed by atoms with van der Waals surface area (Å²) < 4.78 is 11.3. The van der Waals surface area contributed by atoms with Crippen molar-refractivity contribution in [2.75, 3.05) is 26.2 Å². The summed E-state index contributed by atoms with van der Waals surface area (Å²) in [5.41, 5.74) is 1.08. The minimum Gasteiger partial charge on any atom is -0.472 e. The van der Waals surface area contributed by atoms with E-state index in [2.05, 4.69) is 16.7 Å². The Bertz CT molecular complexity index is 545. The third-order valence-corrected chi connectivity index (χ3v) is 5.87. The Hall–Kier alpha value is -1.33. The lowest BCUT2D eigenvalue weighted by Gasteiger charge is -2.51. The number of hydrogen-bond donors (Lipinski definition) is 0. The monoisotopic (exact) mass is 318 g/mol. The summed E-state index contributed by atoms with van der Waals surface area (Å²) in [5, 5.41) is 0. The molecule has 3 aliphatic rings. The number of likely N-dealkylation sites (tertiary alicyclic amines) is 1. The lowest BCUT2D eigenvalue weighted by Crippen LogP contribution is -2.64. The first kappa shape index (κ1) is 15.2. The van der Waals surface area contributed by atoms with Gasteiger partial charge in [-0.25, -0.2) is 0 Å². The molecule has 1 amide bonds. The number of rotatable bonds is 4. The zero-order valence-corrected chi connectivity index (χ0v) is 13.9. The van der Waals surface area contributed by atoms with Gasteiger partial charge in [-0.3, -0.25) is 9.69 Å². The highest BCUT2D eigenvalue weighted by Gasteiger charge is 2.48. The molecular formula is C18H26N2O3. The summed E-state index contributed by atoms with van der Waals surface area (Å²) in [6, 6.07) is 2.22. The van der Waals surface area contributed by atoms with Gasteiger partial charge in [0.1, 0.15) is 6.61 Å². The molecule has 0 unspecified atom stereocenters. The highest BCUT2D eigenvalue weighted by molar-refractivity contribution is 5.78. The average Bonchev–Trinajstić information content (AvgIpc) is 3.24. The zero-order valence-electron chi connectivity index (χ0n) is 13.9. The maximum atomic E-state index is 12.2. The van der Waals surface area contributed by atoms with Crippen LogP contribution in [0.25, 0.3) is 0 Å². The molecule has 1 aromatic rings. The lowest BCUT2D eigenvalue weighted by molar-refractivity contribution is -0.187. The van der Waals surface area contributed by atoms with Crippen molar-refractivity contribution in [3.8, 4) is 0 Å². The van der Waals surface area contributed by atoms with Crippen LogP contribution in [-0.2, 0) is 16.1 Å². The molecule has 5 nitrogen and oxygen atoms in total. The largest absolute Gasteiger partial charge is 0.472 e. The Morgan fingerprint density at radius 1 is 1.30 bits per heavy atom. The first-order chi connectivity index (χ1) is 11.2. The molecule has 126 valence electrons. The van der Waals surface area contributed by atoms with E-state index in [0.717, 1.165) is 44.9 Å². The number of piperidine rings is 1. The van der Waals surface area contributed by atoms with Crippen LogP contribution in [0.2, 0.25) is 0 Å². The summed E-state index contributed by atoms with van der Waals surface area (Å²) in [7, 11) is 0. The molecule has 2 saturated heterocycles. The second kappa shape index (κ2) is 5.95. The standard InChI is InChI=1S/C18H26N2O3/c1-14-18(23-13-17(21)20(14)11-15-2-3-15)5-7-19(8-6-18)10-16-4-9-22-12-16/h4,9,12,14-15H,2-3,5-8,10-11,13H2,1H3/t14-/m0/s1. The van der Waals surface area contributed by atoms with Crippen LogP contribution in [0.15, 0.2) is 23.0 Å². The molecule has 0 N–H and O–H groups in total. The minimum absolute atomic E-state index is 0.143. The molecule has 0 aromatic carbocycles. The van der Waals surface area contributed by atoms with Crippen LogP contribution in [0.3, 0.4) is 0 Å². The van der Waals surface area contributed by atoms with Gasteiger partial charge in [-0.15, -0.1) is 0 Å². The molecule has 2 aliphatic heterocycles. The van der Waals surface area contributed by atoms with E-state index >= 15 is 0 Å². The van der Waals surface area contributed by atoms with Crippen molar-refractivity contribution in [1.82, 2.24) is 9.80 Å². The van der Waals surface area contributed by atoms with Crippen LogP contribution in [0.4, 0.5) is 0 Å². The first-order valence-corrected chi connectivity index (χ1v) is 8.83. The summed E-state index contributed by atoms with van der Waals surface area (Å²) in [4.78, 5) is 16.8. The smallest absolute Gasteiger partial charge is 0.248 e. The van der Waals surface area contributed by atoms with E-state index in [1.165, 1.54) is 18.4 Å². The Morgan fingerprint density at radius 3 is 2.74 bits per heavy atom. The van der Waals surface area contributed by atoms with Crippen LogP contribution < -0.4 is 0 Å². The quantitative estimate of drug-likeness (QED) is 0.854. The summed E-state index contributed by atoms with van der Waals surface area (Å²) in [6.45, 7) is 6.35. The van der Waals surface area contributed by atoms with E-state index in [1.807, 2.05) is 12.3 Å². The van der Waals surface area contributed by atoms with Gasteiger partial charge in [0.05, 0.1) is 24.2 Å². The van der Waals surface area contributed by atoms with Crippen molar-refractivity contribution in [2.45, 2.75) is 50.8 Å². The normalized spacial score (nSPS) is 28.5. The molecule has 23 heavy (non-hydrogen) atoms. The molecule has 4 rings (SSSR count). The highest BCUT2D eigenvalue weighted by Crippen LogP contribution is 2.38. The molecule has 0 bridgehead atoms. The molecule has 3 heterocycles. The predicted molar refractivity (Wildman–Crippen MR) is 85.8 cm³/mol. The second-order valence-electron chi connectivity index (χ2n) is 7.43. The van der Waals surface area contributed by atoms with Crippen molar-refractivity contribution in [3.05, 3.63) is 24.2 Å². The van der Waals surface area contributed by atoms with E-state index < -0.39 is 0 Å². The number of ether oxygens (including phenoxy) is 1. The Morgan fingerprint density at radius 2 is 2.09 bits per heavy atom. The van der Waals surface area contributed by atoms with Crippen LogP contribution in [0, 0.1) is 5.92 Å². The minimum atomic E-state index is -0.143. The molecule has 1 atom stereocenters. The Kier molecular flexibility index (Phi) is 3.93. The maximum absolute atomic E-state index is 12.2. The molecule has 0 radical (unpaired) electrons. The Labute approximate surface area is 137 Å². The van der Waals surface area contributed by atoms with Crippen molar-refractivity contribution >= 4 is 5.91 Å². The van der Waals surface area contributed by atoms with Crippen LogP contribution in [0.1, 0.15) is 38.2 Å². The van der Waals surface area contributed by atoms with E-state index in [4.69, 9.17) is 9.15 Å². The van der Waals surface area contributed by atoms with Crippen LogP contribution >= 0.6 is 0 Å². The maximum Gasteiger partial charge on any atom is 0.248 e. The number of morpholine rings is 1. The molecule has 3 fully saturated rings. The van der Waals surface area contributed by atoms with E-state index in [9.17, 15) is 4.79 Å². The zero-order chi connectivity index (χ0) is 15.9. The van der Waals surface area contributed by atoms with Gasteiger partial charge in [0.2, 0.25) is 5.91 Å². The van der Waals surface area contributed by atoms with Crippen LogP contribution in [0.5, 0.6) is 0 Å². The summed E-state index contributed by atoms with van der Waals surface area (Å²) in [6.07, 6.45) is 8.11. The molecule has 5 heteroatoms. The number of furan rings is 1. The SMILES string of the molecule is C[C@@H]1N(CC2CC2)C(=O)COC12CCN(Cc1ccoc1)CC2. The number of nitrogens with zero attached hydrogens (tertiary/aromatic N) is 2. The molecule has 1 spiro atoms. The number of amides is 1. The molecule has 1 aromatic heterocycles. The van der Waals surface area contributed by atoms with Gasteiger partial charge in [0.15, 0.2) is 0 Å². The van der Waals surface area contributed by atoms with Gasteiger partial charge in [0, 0.05) is 31.7 Å². The van der Waals surface area contributed by atoms with Crippen molar-refractivity contribution in [2.24, 2.45) is 5.92 Å². The third kappa shape index (κ3) is 3.04. The van der Waals surface area contributed by atoms with Gasteiger partial charge >= 0.3 is 0 Å². The molecule has 1 saturated carbocycles. The van der Waals surface area contributed by atoms with Crippen LogP contribution in [-0.4, -0.2) is 53.6 Å². The van der Waals surface area contributed by atoms with Crippen molar-refractivity contribution in [3.63, 3.8) is 0 Å². The van der Waals surface area contributed by atoms with Gasteiger partial charge in [-0.05, 0) is 44.6 Å². The molecule has 1 aliphatic carbocycles. The number of carbonyl (C=O) groups is 1. The predicted octanol–water partition coefficient (Wildman–Crippen LogP) is 2.27. The fourth-order valence-electron chi connectivity index (χ4n) is 4.04. The van der Waals surface area contributed by atoms with Crippen molar-refractivity contribution < 1.29 is 13.9 Å². The summed E-state index contributed by atoms with van der Waals surface area (Å²) in [5.74, 6) is 0.911. The number of hydrogen-bond acceptors (Lipinski definition) is 4. The number of carbonyl (C=O) groups excluding carboxylic acids is 1. The van der Waals surface area contributed by atoms with Crippen molar-refractivity contribution in [1.29, 1.82) is 0 Å². The van der Waals surface area contributed by atoms with E-state index in [0.29, 0.717) is 0 Å². The van der Waals surface area contributed by atoms with Gasteiger partial charge in [0.25, 0.3) is 0 Å². The average molecular weight is 318 g/mol. The second-order valence-corrected chi connectivity index (χ2v) is 7.43. The van der Waals surface area contributed by atoms with E-state index in [-0.39, 0.29) is 24.2 Å². The Balaban J connectivity index is 1.39. The fraction of sp³-hybridized carbons (Fsp3) is 0.722. The highest BCUT2D eigenvalue weighted by atomic mass is 16.5. The first-order valence-electron chi connectivity index (χ1n) is 8.83. The van der Waals surface area contributed by atoms with Gasteiger partial charge in [-0.1, -0.05) is 0 Å².